The van der Waals surface area contributed by atoms with Crippen molar-refractivity contribution in [1.29, 1.82) is 0 Å². The highest BCUT2D eigenvalue weighted by molar-refractivity contribution is 5.68. The summed E-state index contributed by atoms with van der Waals surface area (Å²) in [5.74, 6) is 0.524. The first-order chi connectivity index (χ1) is 17.6. The van der Waals surface area contributed by atoms with Crippen molar-refractivity contribution in [2.24, 2.45) is 0 Å². The van der Waals surface area contributed by atoms with Gasteiger partial charge >= 0.3 is 0 Å². The number of aromatic nitrogens is 1. The molecule has 0 fully saturated rings. The van der Waals surface area contributed by atoms with Crippen LogP contribution in [0.4, 0.5) is 4.39 Å². The highest BCUT2D eigenvalue weighted by Gasteiger charge is 2.08. The number of hydrogen-bond donors (Lipinski definition) is 0. The van der Waals surface area contributed by atoms with Gasteiger partial charge < -0.3 is 9.47 Å². The van der Waals surface area contributed by atoms with E-state index >= 15 is 0 Å². The van der Waals surface area contributed by atoms with E-state index in [9.17, 15) is 4.39 Å². The number of allylic oxidation sites excluding steroid dienone is 1. The average molecular weight is 488 g/mol. The fourth-order valence-corrected chi connectivity index (χ4v) is 3.93. The van der Waals surface area contributed by atoms with Gasteiger partial charge in [0.25, 0.3) is 0 Å². The largest absolute Gasteiger partial charge is 0.490 e. The Kier molecular flexibility index (Phi) is 11.4. The number of nitrogens with zero attached hydrogens (tertiary/aromatic N) is 1. The van der Waals surface area contributed by atoms with E-state index in [1.165, 1.54) is 12.8 Å². The SMILES string of the molecule is C=CCOc1ccc(-c2ccc(-c3ccc(C=CCCCC(C)OCCCCC)cc3F)nc2)cc1. The van der Waals surface area contributed by atoms with Gasteiger partial charge in [-0.05, 0) is 74.1 Å². The van der Waals surface area contributed by atoms with Crippen molar-refractivity contribution >= 4 is 6.08 Å². The number of pyridine rings is 1. The van der Waals surface area contributed by atoms with Gasteiger partial charge in [-0.15, -0.1) is 0 Å². The first kappa shape index (κ1) is 27.3. The van der Waals surface area contributed by atoms with E-state index in [4.69, 9.17) is 9.47 Å². The van der Waals surface area contributed by atoms with Gasteiger partial charge in [0.2, 0.25) is 0 Å². The second-order valence-corrected chi connectivity index (χ2v) is 9.02. The molecule has 0 aliphatic rings. The molecule has 1 unspecified atom stereocenters. The van der Waals surface area contributed by atoms with Crippen LogP contribution in [0, 0.1) is 5.82 Å². The summed E-state index contributed by atoms with van der Waals surface area (Å²) in [7, 11) is 0. The van der Waals surface area contributed by atoms with E-state index in [1.54, 1.807) is 24.4 Å². The standard InChI is InChI=1S/C32H38FNO2/c1-4-6-10-22-35-25(3)11-8-7-9-12-26-13-19-30(31(33)23-26)32-20-16-28(24-34-32)27-14-17-29(18-15-27)36-21-5-2/h5,9,12-20,23-25H,2,4,6-8,10-11,21-22H2,1,3H3. The molecule has 0 radical (unpaired) electrons. The lowest BCUT2D eigenvalue weighted by atomic mass is 10.0. The fraction of sp³-hybridized carbons (Fsp3) is 0.344. The van der Waals surface area contributed by atoms with Crippen molar-refractivity contribution in [2.75, 3.05) is 13.2 Å². The minimum Gasteiger partial charge on any atom is -0.490 e. The first-order valence-electron chi connectivity index (χ1n) is 13.0. The molecule has 0 saturated carbocycles. The van der Waals surface area contributed by atoms with E-state index < -0.39 is 0 Å². The third-order valence-electron chi connectivity index (χ3n) is 6.03. The summed E-state index contributed by atoms with van der Waals surface area (Å²) < 4.78 is 26.2. The Balaban J connectivity index is 1.51. The van der Waals surface area contributed by atoms with Gasteiger partial charge in [-0.3, -0.25) is 4.98 Å². The lowest BCUT2D eigenvalue weighted by molar-refractivity contribution is 0.0566. The molecule has 36 heavy (non-hydrogen) atoms. The number of hydrogen-bond acceptors (Lipinski definition) is 3. The van der Waals surface area contributed by atoms with Crippen molar-refractivity contribution in [1.82, 2.24) is 4.98 Å². The molecule has 3 nitrogen and oxygen atoms in total. The van der Waals surface area contributed by atoms with Crippen molar-refractivity contribution in [3.05, 3.63) is 90.9 Å². The number of rotatable bonds is 15. The molecular weight excluding hydrogens is 449 g/mol. The smallest absolute Gasteiger partial charge is 0.133 e. The predicted octanol–water partition coefficient (Wildman–Crippen LogP) is 8.90. The van der Waals surface area contributed by atoms with Crippen LogP contribution in [-0.4, -0.2) is 24.3 Å². The van der Waals surface area contributed by atoms with Gasteiger partial charge in [-0.2, -0.15) is 0 Å². The van der Waals surface area contributed by atoms with Crippen LogP contribution in [0.2, 0.25) is 0 Å². The molecule has 0 spiro atoms. The summed E-state index contributed by atoms with van der Waals surface area (Å²) in [4.78, 5) is 4.51. The van der Waals surface area contributed by atoms with Crippen LogP contribution in [0.25, 0.3) is 28.5 Å². The van der Waals surface area contributed by atoms with Crippen LogP contribution < -0.4 is 4.74 Å². The molecule has 1 aromatic heterocycles. The summed E-state index contributed by atoms with van der Waals surface area (Å²) in [5.41, 5.74) is 3.97. The van der Waals surface area contributed by atoms with E-state index in [-0.39, 0.29) is 5.82 Å². The molecule has 0 amide bonds. The van der Waals surface area contributed by atoms with E-state index in [2.05, 4.69) is 31.5 Å². The molecule has 190 valence electrons. The summed E-state index contributed by atoms with van der Waals surface area (Å²) in [6.45, 7) is 9.33. The number of unbranched alkanes of at least 4 members (excludes halogenated alkanes) is 3. The van der Waals surface area contributed by atoms with Crippen LogP contribution in [0.1, 0.15) is 57.9 Å². The Morgan fingerprint density at radius 2 is 1.81 bits per heavy atom. The topological polar surface area (TPSA) is 31.4 Å². The van der Waals surface area contributed by atoms with Gasteiger partial charge in [0.05, 0.1) is 11.8 Å². The Bertz CT molecular complexity index is 1090. The van der Waals surface area contributed by atoms with Crippen LogP contribution in [0.5, 0.6) is 5.75 Å². The van der Waals surface area contributed by atoms with Crippen molar-refractivity contribution in [2.45, 2.75) is 58.5 Å². The maximum Gasteiger partial charge on any atom is 0.133 e. The maximum absolute atomic E-state index is 14.8. The van der Waals surface area contributed by atoms with Crippen LogP contribution >= 0.6 is 0 Å². The molecule has 0 aliphatic carbocycles. The third-order valence-corrected chi connectivity index (χ3v) is 6.03. The monoisotopic (exact) mass is 487 g/mol. The van der Waals surface area contributed by atoms with Gasteiger partial charge in [-0.1, -0.05) is 68.8 Å². The molecule has 0 saturated heterocycles. The zero-order valence-electron chi connectivity index (χ0n) is 21.6. The van der Waals surface area contributed by atoms with Gasteiger partial charge in [0.1, 0.15) is 18.2 Å². The summed E-state index contributed by atoms with van der Waals surface area (Å²) in [6, 6.07) is 16.9. The average Bonchev–Trinajstić information content (AvgIpc) is 2.90. The Hall–Kier alpha value is -3.24. The molecule has 0 N–H and O–H groups in total. The second kappa shape index (κ2) is 15.0. The quantitative estimate of drug-likeness (QED) is 0.158. The second-order valence-electron chi connectivity index (χ2n) is 9.02. The highest BCUT2D eigenvalue weighted by atomic mass is 19.1. The molecule has 0 bridgehead atoms. The van der Waals surface area contributed by atoms with Crippen molar-refractivity contribution in [3.8, 4) is 28.1 Å². The highest BCUT2D eigenvalue weighted by Crippen LogP contribution is 2.26. The van der Waals surface area contributed by atoms with Gasteiger partial charge in [0.15, 0.2) is 0 Å². The Labute approximate surface area is 215 Å². The molecule has 0 aliphatic heterocycles. The molecule has 3 aromatic rings. The Morgan fingerprint density at radius 3 is 2.50 bits per heavy atom. The lowest BCUT2D eigenvalue weighted by Crippen LogP contribution is -2.08. The van der Waals surface area contributed by atoms with E-state index in [1.807, 2.05) is 48.5 Å². The summed E-state index contributed by atoms with van der Waals surface area (Å²) in [6.07, 6.45) is 14.5. The normalized spacial score (nSPS) is 12.1. The minimum atomic E-state index is -0.268. The maximum atomic E-state index is 14.8. The fourth-order valence-electron chi connectivity index (χ4n) is 3.93. The minimum absolute atomic E-state index is 0.268. The van der Waals surface area contributed by atoms with E-state index in [0.717, 1.165) is 54.7 Å². The summed E-state index contributed by atoms with van der Waals surface area (Å²) in [5, 5.41) is 0. The molecule has 3 rings (SSSR count). The summed E-state index contributed by atoms with van der Waals surface area (Å²) >= 11 is 0. The number of ether oxygens (including phenoxy) is 2. The molecule has 2 aromatic carbocycles. The van der Waals surface area contributed by atoms with Crippen LogP contribution in [0.15, 0.2) is 79.5 Å². The molecule has 1 heterocycles. The predicted molar refractivity (Wildman–Crippen MR) is 149 cm³/mol. The molecular formula is C32H38FNO2. The third kappa shape index (κ3) is 8.76. The van der Waals surface area contributed by atoms with Crippen molar-refractivity contribution < 1.29 is 13.9 Å². The number of benzene rings is 2. The zero-order chi connectivity index (χ0) is 25.6. The van der Waals surface area contributed by atoms with E-state index in [0.29, 0.717) is 24.0 Å². The van der Waals surface area contributed by atoms with Gasteiger partial charge in [0, 0.05) is 23.9 Å². The van der Waals surface area contributed by atoms with Gasteiger partial charge in [-0.25, -0.2) is 4.39 Å². The molecule has 1 atom stereocenters. The van der Waals surface area contributed by atoms with Crippen LogP contribution in [-0.2, 0) is 4.74 Å². The Morgan fingerprint density at radius 1 is 1.00 bits per heavy atom. The van der Waals surface area contributed by atoms with Crippen molar-refractivity contribution in [3.63, 3.8) is 0 Å². The number of halogens is 1. The lowest BCUT2D eigenvalue weighted by Gasteiger charge is -2.12. The molecule has 4 heteroatoms. The first-order valence-corrected chi connectivity index (χ1v) is 13.0. The van der Waals surface area contributed by atoms with Crippen LogP contribution in [0.3, 0.4) is 0 Å². The zero-order valence-corrected chi connectivity index (χ0v) is 21.6.